The second kappa shape index (κ2) is 9.46. The summed E-state index contributed by atoms with van der Waals surface area (Å²) < 4.78 is 32.0. The molecule has 152 valence electrons. The number of thiophene rings is 1. The van der Waals surface area contributed by atoms with Crippen molar-refractivity contribution >= 4 is 33.1 Å². The summed E-state index contributed by atoms with van der Waals surface area (Å²) in [5.41, 5.74) is 0. The van der Waals surface area contributed by atoms with E-state index in [9.17, 15) is 13.2 Å². The number of morpholine rings is 1. The normalized spacial score (nSPS) is 15.3. The van der Waals surface area contributed by atoms with Gasteiger partial charge in [-0.3, -0.25) is 9.69 Å². The van der Waals surface area contributed by atoms with E-state index in [1.54, 1.807) is 23.5 Å². The second-order valence-electron chi connectivity index (χ2n) is 6.30. The summed E-state index contributed by atoms with van der Waals surface area (Å²) in [7, 11) is -3.54. The number of amides is 1. The van der Waals surface area contributed by atoms with E-state index in [1.165, 1.54) is 10.5 Å². The first-order valence-corrected chi connectivity index (χ1v) is 11.5. The molecule has 0 unspecified atom stereocenters. The fourth-order valence-corrected chi connectivity index (χ4v) is 4.91. The number of aromatic nitrogens is 1. The van der Waals surface area contributed by atoms with Crippen molar-refractivity contribution in [2.75, 3.05) is 44.3 Å². The van der Waals surface area contributed by atoms with Crippen molar-refractivity contribution in [3.63, 3.8) is 0 Å². The Morgan fingerprint density at radius 1 is 1.32 bits per heavy atom. The number of nitrogens with one attached hydrogen (secondary N) is 2. The van der Waals surface area contributed by atoms with Crippen LogP contribution in [0.1, 0.15) is 11.8 Å². The molecule has 1 aliphatic rings. The number of carbonyl (C=O) groups excluding carboxylic acids is 1. The number of carbonyl (C=O) groups is 1. The molecule has 0 aromatic carbocycles. The number of sulfonamides is 1. The van der Waals surface area contributed by atoms with E-state index >= 15 is 0 Å². The molecule has 2 aromatic rings. The molecule has 0 spiro atoms. The first-order valence-electron chi connectivity index (χ1n) is 9.14. The lowest BCUT2D eigenvalue weighted by Gasteiger charge is -2.25. The highest BCUT2D eigenvalue weighted by Crippen LogP contribution is 2.17. The highest BCUT2D eigenvalue weighted by molar-refractivity contribution is 7.89. The number of pyridine rings is 1. The molecular formula is C18H25N4O4S2+. The predicted octanol–water partition coefficient (Wildman–Crippen LogP) is 0.726. The lowest BCUT2D eigenvalue weighted by atomic mass is 10.4. The van der Waals surface area contributed by atoms with E-state index in [2.05, 4.69) is 10.3 Å². The van der Waals surface area contributed by atoms with E-state index in [4.69, 9.17) is 4.74 Å². The highest BCUT2D eigenvalue weighted by atomic mass is 32.2. The molecule has 0 radical (unpaired) electrons. The number of H-pyrrole nitrogens is 1. The molecule has 1 amide bonds. The van der Waals surface area contributed by atoms with Crippen LogP contribution < -0.4 is 15.2 Å². The molecule has 0 bridgehead atoms. The van der Waals surface area contributed by atoms with Crippen LogP contribution in [0.5, 0.6) is 0 Å². The van der Waals surface area contributed by atoms with Crippen molar-refractivity contribution in [2.45, 2.75) is 18.4 Å². The number of rotatable bonds is 8. The summed E-state index contributed by atoms with van der Waals surface area (Å²) in [5.74, 6) is 0.600. The molecule has 8 nitrogen and oxygen atoms in total. The van der Waals surface area contributed by atoms with Crippen molar-refractivity contribution in [3.8, 4) is 0 Å². The van der Waals surface area contributed by atoms with Gasteiger partial charge in [-0.15, -0.1) is 11.3 Å². The molecule has 10 heteroatoms. The molecule has 3 rings (SSSR count). The molecule has 3 heterocycles. The first kappa shape index (κ1) is 20.7. The monoisotopic (exact) mass is 425 g/mol. The highest BCUT2D eigenvalue weighted by Gasteiger charge is 2.28. The number of ether oxygens (including phenoxy) is 1. The Labute approximate surface area is 169 Å². The van der Waals surface area contributed by atoms with Crippen molar-refractivity contribution in [1.82, 2.24) is 9.62 Å². The SMILES string of the molecule is CCN(CC(=O)NCc1cccs1)c1ccc(S(=O)(=O)N2CCOCC2)c[nH+]1. The van der Waals surface area contributed by atoms with Gasteiger partial charge in [-0.25, -0.2) is 13.4 Å². The van der Waals surface area contributed by atoms with Gasteiger partial charge in [-0.1, -0.05) is 6.07 Å². The van der Waals surface area contributed by atoms with Gasteiger partial charge in [0.15, 0.2) is 6.54 Å². The Hall–Kier alpha value is -2.01. The van der Waals surface area contributed by atoms with Crippen LogP contribution in [0.15, 0.2) is 40.7 Å². The first-order chi connectivity index (χ1) is 13.5. The average Bonchev–Trinajstić information content (AvgIpc) is 3.25. The van der Waals surface area contributed by atoms with E-state index < -0.39 is 10.0 Å². The molecule has 0 aliphatic carbocycles. The summed E-state index contributed by atoms with van der Waals surface area (Å²) in [5, 5.41) is 4.87. The van der Waals surface area contributed by atoms with Crippen LogP contribution in [0.2, 0.25) is 0 Å². The van der Waals surface area contributed by atoms with Gasteiger partial charge in [0.25, 0.3) is 11.7 Å². The third-order valence-corrected chi connectivity index (χ3v) is 7.24. The van der Waals surface area contributed by atoms with E-state index in [1.807, 2.05) is 29.3 Å². The summed E-state index contributed by atoms with van der Waals surface area (Å²) in [6, 6.07) is 7.20. The third kappa shape index (κ3) is 5.07. The van der Waals surface area contributed by atoms with E-state index in [0.29, 0.717) is 45.2 Å². The standard InChI is InChI=1S/C18H24N4O4S2/c1-2-21(14-18(23)20-12-15-4-3-11-27-15)17-6-5-16(13-19-17)28(24,25)22-7-9-26-10-8-22/h3-6,11,13H,2,7-10,12,14H2,1H3,(H,20,23)/p+1. The minimum atomic E-state index is -3.54. The Bertz CT molecular complexity index is 864. The zero-order valence-electron chi connectivity index (χ0n) is 15.8. The maximum atomic E-state index is 12.7. The molecule has 1 fully saturated rings. The summed E-state index contributed by atoms with van der Waals surface area (Å²) in [4.78, 5) is 18.4. The second-order valence-corrected chi connectivity index (χ2v) is 9.27. The van der Waals surface area contributed by atoms with Gasteiger partial charge in [0, 0.05) is 24.0 Å². The van der Waals surface area contributed by atoms with Crippen molar-refractivity contribution in [2.24, 2.45) is 0 Å². The van der Waals surface area contributed by atoms with Crippen molar-refractivity contribution in [3.05, 3.63) is 40.7 Å². The summed E-state index contributed by atoms with van der Waals surface area (Å²) in [6.07, 6.45) is 1.48. The summed E-state index contributed by atoms with van der Waals surface area (Å²) in [6.45, 7) is 4.78. The van der Waals surface area contributed by atoms with Crippen LogP contribution >= 0.6 is 11.3 Å². The number of likely N-dealkylation sites (N-methyl/N-ethyl adjacent to an activating group) is 1. The predicted molar refractivity (Wildman–Crippen MR) is 107 cm³/mol. The van der Waals surface area contributed by atoms with Gasteiger partial charge in [0.2, 0.25) is 10.0 Å². The van der Waals surface area contributed by atoms with Gasteiger partial charge < -0.3 is 10.1 Å². The molecule has 28 heavy (non-hydrogen) atoms. The molecular weight excluding hydrogens is 400 g/mol. The topological polar surface area (TPSA) is 93.1 Å². The van der Waals surface area contributed by atoms with Crippen LogP contribution in [0.25, 0.3) is 0 Å². The maximum Gasteiger partial charge on any atom is 0.274 e. The Morgan fingerprint density at radius 3 is 2.71 bits per heavy atom. The average molecular weight is 426 g/mol. The Morgan fingerprint density at radius 2 is 2.11 bits per heavy atom. The Balaban J connectivity index is 1.62. The van der Waals surface area contributed by atoms with Gasteiger partial charge in [0.1, 0.15) is 11.1 Å². The number of hydrogen-bond acceptors (Lipinski definition) is 6. The molecule has 1 aliphatic heterocycles. The Kier molecular flexibility index (Phi) is 7.00. The van der Waals surface area contributed by atoms with Crippen molar-refractivity contribution < 1.29 is 22.9 Å². The lowest BCUT2D eigenvalue weighted by Crippen LogP contribution is -2.41. The molecule has 0 atom stereocenters. The molecule has 0 saturated carbocycles. The fourth-order valence-electron chi connectivity index (χ4n) is 2.89. The van der Waals surface area contributed by atoms with Crippen LogP contribution in [0, 0.1) is 0 Å². The zero-order chi connectivity index (χ0) is 20.0. The van der Waals surface area contributed by atoms with Crippen LogP contribution in [0.4, 0.5) is 5.82 Å². The number of anilines is 1. The van der Waals surface area contributed by atoms with Crippen LogP contribution in [-0.4, -0.2) is 58.0 Å². The van der Waals surface area contributed by atoms with Gasteiger partial charge in [0.05, 0.1) is 26.3 Å². The largest absolute Gasteiger partial charge is 0.379 e. The molecule has 2 aromatic heterocycles. The maximum absolute atomic E-state index is 12.7. The number of hydrogen-bond donors (Lipinski definition) is 1. The minimum absolute atomic E-state index is 0.0892. The van der Waals surface area contributed by atoms with E-state index in [-0.39, 0.29) is 17.3 Å². The minimum Gasteiger partial charge on any atom is -0.379 e. The number of nitrogens with zero attached hydrogens (tertiary/aromatic N) is 2. The molecule has 2 N–H and O–H groups in total. The van der Waals surface area contributed by atoms with Gasteiger partial charge in [-0.05, 0) is 24.4 Å². The zero-order valence-corrected chi connectivity index (χ0v) is 17.4. The van der Waals surface area contributed by atoms with E-state index in [0.717, 1.165) is 4.88 Å². The van der Waals surface area contributed by atoms with Crippen molar-refractivity contribution in [1.29, 1.82) is 0 Å². The lowest BCUT2D eigenvalue weighted by molar-refractivity contribution is -0.367. The smallest absolute Gasteiger partial charge is 0.274 e. The third-order valence-electron chi connectivity index (χ3n) is 4.47. The van der Waals surface area contributed by atoms with Crippen LogP contribution in [-0.2, 0) is 26.1 Å². The molecule has 1 saturated heterocycles. The quantitative estimate of drug-likeness (QED) is 0.673. The van der Waals surface area contributed by atoms with Crippen LogP contribution in [0.3, 0.4) is 0 Å². The van der Waals surface area contributed by atoms with Gasteiger partial charge >= 0.3 is 0 Å². The number of aromatic amines is 1. The summed E-state index contributed by atoms with van der Waals surface area (Å²) >= 11 is 1.60. The van der Waals surface area contributed by atoms with Gasteiger partial charge in [-0.2, -0.15) is 4.31 Å². The fraction of sp³-hybridized carbons (Fsp3) is 0.444.